The van der Waals surface area contributed by atoms with E-state index >= 15 is 0 Å². The largest absolute Gasteiger partial charge is 2.00 e. The standard InChI is InChI=1S/C13H11.C13H9.Fe/c2*1-2-6-12(7-3-1)10-11-13-8-4-5-9-13;/h1-3,6-9H,4-5H2;1-9H;/q2*-1;+2. The maximum Gasteiger partial charge on any atom is 2.00 e. The van der Waals surface area contributed by atoms with E-state index in [0.717, 1.165) is 29.5 Å². The molecule has 1 aliphatic carbocycles. The van der Waals surface area contributed by atoms with Gasteiger partial charge in [0.1, 0.15) is 0 Å². The first-order valence-electron chi connectivity index (χ1n) is 8.79. The van der Waals surface area contributed by atoms with E-state index in [-0.39, 0.29) is 17.1 Å². The summed E-state index contributed by atoms with van der Waals surface area (Å²) in [5.41, 5.74) is 4.40. The molecule has 0 spiro atoms. The van der Waals surface area contributed by atoms with E-state index in [1.165, 1.54) is 5.57 Å². The first-order valence-corrected chi connectivity index (χ1v) is 8.79. The third-order valence-electron chi connectivity index (χ3n) is 3.81. The van der Waals surface area contributed by atoms with Crippen LogP contribution in [-0.4, -0.2) is 0 Å². The van der Waals surface area contributed by atoms with Crippen molar-refractivity contribution in [1.82, 2.24) is 0 Å². The third-order valence-corrected chi connectivity index (χ3v) is 3.81. The van der Waals surface area contributed by atoms with Gasteiger partial charge in [0.05, 0.1) is 0 Å². The number of hydrogen-bond donors (Lipinski definition) is 0. The molecular weight excluding hydrogens is 368 g/mol. The van der Waals surface area contributed by atoms with Gasteiger partial charge in [0, 0.05) is 11.1 Å². The van der Waals surface area contributed by atoms with Crippen molar-refractivity contribution in [2.75, 3.05) is 0 Å². The molecule has 0 saturated heterocycles. The van der Waals surface area contributed by atoms with E-state index in [0.29, 0.717) is 0 Å². The molecule has 0 amide bonds. The van der Waals surface area contributed by atoms with Crippen LogP contribution >= 0.6 is 0 Å². The van der Waals surface area contributed by atoms with E-state index in [9.17, 15) is 0 Å². The Balaban J connectivity index is 0.000000187. The fourth-order valence-corrected chi connectivity index (χ4v) is 2.45. The van der Waals surface area contributed by atoms with Crippen LogP contribution < -0.4 is 0 Å². The minimum absolute atomic E-state index is 0. The molecule has 0 nitrogen and oxygen atoms in total. The Morgan fingerprint density at radius 2 is 1.30 bits per heavy atom. The molecule has 3 aromatic carbocycles. The van der Waals surface area contributed by atoms with E-state index in [1.54, 1.807) is 0 Å². The van der Waals surface area contributed by atoms with Crippen LogP contribution in [0.1, 0.15) is 29.5 Å². The van der Waals surface area contributed by atoms with Crippen molar-refractivity contribution in [3.8, 4) is 23.7 Å². The van der Waals surface area contributed by atoms with Crippen LogP contribution in [0.4, 0.5) is 0 Å². The van der Waals surface area contributed by atoms with Gasteiger partial charge in [-0.1, -0.05) is 49.2 Å². The first kappa shape index (κ1) is 20.4. The van der Waals surface area contributed by atoms with Gasteiger partial charge in [-0.2, -0.15) is 42.2 Å². The molecule has 0 fully saturated rings. The summed E-state index contributed by atoms with van der Waals surface area (Å²) in [7, 11) is 0. The maximum absolute atomic E-state index is 3.15. The van der Waals surface area contributed by atoms with Crippen molar-refractivity contribution in [1.29, 1.82) is 0 Å². The van der Waals surface area contributed by atoms with Crippen LogP contribution in [0.25, 0.3) is 0 Å². The molecule has 1 aliphatic rings. The molecule has 132 valence electrons. The smallest absolute Gasteiger partial charge is 0.228 e. The van der Waals surface area contributed by atoms with Gasteiger partial charge >= 0.3 is 17.1 Å². The molecule has 0 N–H and O–H groups in total. The molecule has 0 unspecified atom stereocenters. The van der Waals surface area contributed by atoms with E-state index < -0.39 is 0 Å². The van der Waals surface area contributed by atoms with Gasteiger partial charge in [-0.3, -0.25) is 0 Å². The predicted molar refractivity (Wildman–Crippen MR) is 109 cm³/mol. The van der Waals surface area contributed by atoms with Gasteiger partial charge in [0.25, 0.3) is 0 Å². The second-order valence-electron chi connectivity index (χ2n) is 5.85. The monoisotopic (exact) mass is 388 g/mol. The van der Waals surface area contributed by atoms with Gasteiger partial charge in [-0.15, -0.1) is 23.5 Å². The van der Waals surface area contributed by atoms with Gasteiger partial charge < -0.3 is 0 Å². The molecule has 0 aliphatic heterocycles. The average molecular weight is 388 g/mol. The zero-order chi connectivity index (χ0) is 17.9. The van der Waals surface area contributed by atoms with Crippen LogP contribution in [0.15, 0.2) is 96.6 Å². The molecule has 0 aromatic heterocycles. The molecule has 4 rings (SSSR count). The van der Waals surface area contributed by atoms with E-state index in [4.69, 9.17) is 0 Å². The van der Waals surface area contributed by atoms with Crippen molar-refractivity contribution in [3.05, 3.63) is 120 Å². The summed E-state index contributed by atoms with van der Waals surface area (Å²) >= 11 is 0. The number of allylic oxidation sites excluding steroid dienone is 2. The Morgan fingerprint density at radius 1 is 0.667 bits per heavy atom. The van der Waals surface area contributed by atoms with Crippen molar-refractivity contribution in [3.63, 3.8) is 0 Å². The molecule has 0 radical (unpaired) electrons. The Bertz CT molecular complexity index is 941. The Labute approximate surface area is 173 Å². The quantitative estimate of drug-likeness (QED) is 0.261. The van der Waals surface area contributed by atoms with Crippen LogP contribution in [0.3, 0.4) is 0 Å². The summed E-state index contributed by atoms with van der Waals surface area (Å²) in [5.74, 6) is 12.5. The topological polar surface area (TPSA) is 0 Å². The van der Waals surface area contributed by atoms with Gasteiger partial charge in [-0.25, -0.2) is 5.92 Å². The second kappa shape index (κ2) is 11.6. The molecule has 1 heteroatoms. The van der Waals surface area contributed by atoms with Crippen molar-refractivity contribution >= 4 is 0 Å². The van der Waals surface area contributed by atoms with E-state index in [2.05, 4.69) is 36.2 Å². The van der Waals surface area contributed by atoms with Gasteiger partial charge in [0.2, 0.25) is 0 Å². The average Bonchev–Trinajstić information content (AvgIpc) is 3.41. The normalized spacial score (nSPS) is 11.0. The van der Waals surface area contributed by atoms with Crippen molar-refractivity contribution in [2.24, 2.45) is 0 Å². The molecule has 0 saturated carbocycles. The summed E-state index contributed by atoms with van der Waals surface area (Å²) in [6.45, 7) is 0. The fraction of sp³-hybridized carbons (Fsp3) is 0.0769. The Kier molecular flexibility index (Phi) is 8.76. The maximum atomic E-state index is 3.15. The Morgan fingerprint density at radius 3 is 1.81 bits per heavy atom. The van der Waals surface area contributed by atoms with E-state index in [1.807, 2.05) is 84.9 Å². The van der Waals surface area contributed by atoms with Crippen LogP contribution in [0, 0.1) is 30.1 Å². The van der Waals surface area contributed by atoms with Crippen LogP contribution in [-0.2, 0) is 17.1 Å². The first-order chi connectivity index (χ1) is 12.9. The van der Waals surface area contributed by atoms with Crippen molar-refractivity contribution < 1.29 is 17.1 Å². The fourth-order valence-electron chi connectivity index (χ4n) is 2.45. The molecule has 0 atom stereocenters. The molecule has 0 bridgehead atoms. The second-order valence-corrected chi connectivity index (χ2v) is 5.85. The predicted octanol–water partition coefficient (Wildman–Crippen LogP) is 5.77. The van der Waals surface area contributed by atoms with Crippen LogP contribution in [0.5, 0.6) is 0 Å². The number of hydrogen-bond acceptors (Lipinski definition) is 0. The van der Waals surface area contributed by atoms with Gasteiger partial charge in [0.15, 0.2) is 0 Å². The summed E-state index contributed by atoms with van der Waals surface area (Å²) in [4.78, 5) is 0. The van der Waals surface area contributed by atoms with Crippen LogP contribution in [0.2, 0.25) is 0 Å². The summed E-state index contributed by atoms with van der Waals surface area (Å²) in [6.07, 6.45) is 6.68. The molecular formula is C26H20Fe. The minimum Gasteiger partial charge on any atom is -0.228 e. The number of benzene rings is 2. The third kappa shape index (κ3) is 7.43. The zero-order valence-corrected chi connectivity index (χ0v) is 16.1. The summed E-state index contributed by atoms with van der Waals surface area (Å²) < 4.78 is 0. The molecule has 0 heterocycles. The molecule has 3 aromatic rings. The zero-order valence-electron chi connectivity index (χ0n) is 15.0. The minimum atomic E-state index is 0. The Hall–Kier alpha value is -2.96. The SMILES string of the molecule is C(#Cc1ccc[cH-]1)c1ccccc1.C(#Cc1ccccc1)C1=CCC[CH-]1.[Fe+2]. The van der Waals surface area contributed by atoms with Crippen molar-refractivity contribution in [2.45, 2.75) is 12.8 Å². The molecule has 27 heavy (non-hydrogen) atoms. The van der Waals surface area contributed by atoms with Gasteiger partial charge in [-0.05, 0) is 24.3 Å². The summed E-state index contributed by atoms with van der Waals surface area (Å²) in [5, 5.41) is 0. The summed E-state index contributed by atoms with van der Waals surface area (Å²) in [6, 6.07) is 28.1. The number of rotatable bonds is 0.